The molecule has 0 bridgehead atoms. The molecule has 1 amide bonds. The minimum Gasteiger partial charge on any atom is -0.486 e. The summed E-state index contributed by atoms with van der Waals surface area (Å²) in [5.74, 6) is 1.64. The van der Waals surface area contributed by atoms with Crippen molar-refractivity contribution in [3.05, 3.63) is 77.6 Å². The van der Waals surface area contributed by atoms with E-state index in [4.69, 9.17) is 14.2 Å². The zero-order chi connectivity index (χ0) is 22.1. The molecule has 2 aromatic carbocycles. The number of ether oxygens (including phenoxy) is 3. The number of hydrogen-bond donors (Lipinski definition) is 1. The third-order valence-corrected chi connectivity index (χ3v) is 6.40. The first-order valence-corrected chi connectivity index (χ1v) is 11.1. The number of hydrogen-bond acceptors (Lipinski definition) is 7. The van der Waals surface area contributed by atoms with Crippen molar-refractivity contribution in [2.45, 2.75) is 18.9 Å². The number of carbonyl (C=O) groups is 1. The molecule has 9 heteroatoms. The highest BCUT2D eigenvalue weighted by Gasteiger charge is 2.27. The Hall–Kier alpha value is -3.72. The summed E-state index contributed by atoms with van der Waals surface area (Å²) in [6, 6.07) is 13.4. The number of amides is 1. The predicted molar refractivity (Wildman–Crippen MR) is 117 cm³/mol. The lowest BCUT2D eigenvalue weighted by Gasteiger charge is -2.16. The number of aromatic nitrogens is 2. The summed E-state index contributed by atoms with van der Waals surface area (Å²) in [4.78, 5) is 20.0. The quantitative estimate of drug-likeness (QED) is 0.615. The lowest BCUT2D eigenvalue weighted by molar-refractivity contribution is -0.114. The van der Waals surface area contributed by atoms with Crippen LogP contribution in [0.3, 0.4) is 0 Å². The van der Waals surface area contributed by atoms with Gasteiger partial charge in [0, 0.05) is 11.6 Å². The molecule has 2 heterocycles. The first kappa shape index (κ1) is 20.2. The van der Waals surface area contributed by atoms with Gasteiger partial charge in [0.2, 0.25) is 0 Å². The van der Waals surface area contributed by atoms with Gasteiger partial charge in [-0.05, 0) is 42.2 Å². The molecule has 1 unspecified atom stereocenters. The lowest BCUT2D eigenvalue weighted by Crippen LogP contribution is -2.16. The van der Waals surface area contributed by atoms with Crippen LogP contribution in [0.15, 0.2) is 60.9 Å². The zero-order valence-electron chi connectivity index (χ0n) is 17.1. The summed E-state index contributed by atoms with van der Waals surface area (Å²) in [6.45, 7) is 0. The first-order valence-electron chi connectivity index (χ1n) is 9.97. The number of nitrogens with zero attached hydrogens (tertiary/aromatic N) is 2. The highest BCUT2D eigenvalue weighted by atomic mass is 32.2. The number of methoxy groups -OCH3 is 1. The summed E-state index contributed by atoms with van der Waals surface area (Å²) in [5.41, 5.74) is 2.90. The molecule has 0 saturated heterocycles. The van der Waals surface area contributed by atoms with Gasteiger partial charge < -0.3 is 14.2 Å². The van der Waals surface area contributed by atoms with Crippen LogP contribution in [0.25, 0.3) is 4.91 Å². The Labute approximate surface area is 186 Å². The van der Waals surface area contributed by atoms with Crippen LogP contribution in [0.2, 0.25) is 0 Å². The molecule has 3 aromatic rings. The molecular weight excluding hydrogens is 430 g/mol. The van der Waals surface area contributed by atoms with E-state index < -0.39 is 11.0 Å². The van der Waals surface area contributed by atoms with E-state index in [1.165, 1.54) is 13.2 Å². The Bertz CT molecular complexity index is 1230. The van der Waals surface area contributed by atoms with Crippen LogP contribution in [0.5, 0.6) is 23.3 Å². The molecule has 0 fully saturated rings. The molecule has 2 atom stereocenters. The van der Waals surface area contributed by atoms with Crippen molar-refractivity contribution in [2.24, 2.45) is 0 Å². The molecule has 0 radical (unpaired) electrons. The smallest absolute Gasteiger partial charge is 0.316 e. The molecule has 32 heavy (non-hydrogen) atoms. The second kappa shape index (κ2) is 8.43. The minimum atomic E-state index is -1.51. The molecule has 1 aromatic heterocycles. The van der Waals surface area contributed by atoms with Crippen molar-refractivity contribution in [1.29, 1.82) is 0 Å². The summed E-state index contributed by atoms with van der Waals surface area (Å²) < 4.78 is 31.5. The second-order valence-corrected chi connectivity index (χ2v) is 8.43. The van der Waals surface area contributed by atoms with Gasteiger partial charge in [0.25, 0.3) is 5.91 Å². The maximum Gasteiger partial charge on any atom is 0.316 e. The van der Waals surface area contributed by atoms with Gasteiger partial charge in [0.1, 0.15) is 17.6 Å². The van der Waals surface area contributed by atoms with E-state index in [9.17, 15) is 9.00 Å². The molecule has 5 rings (SSSR count). The third kappa shape index (κ3) is 3.94. The summed E-state index contributed by atoms with van der Waals surface area (Å²) in [7, 11) is -0.000127. The van der Waals surface area contributed by atoms with Crippen LogP contribution in [0, 0.1) is 0 Å². The van der Waals surface area contributed by atoms with Gasteiger partial charge in [-0.1, -0.05) is 24.3 Å². The summed E-state index contributed by atoms with van der Waals surface area (Å²) in [5, 5.41) is 0. The SMILES string of the molecule is COc1ncc(Oc2cccc3c2CC[C@H]3Oc2ccc(C3=CC(=O)NS3=O)cc2)cn1. The van der Waals surface area contributed by atoms with E-state index in [0.717, 1.165) is 35.3 Å². The maximum absolute atomic E-state index is 11.9. The standard InChI is InChI=1S/C23H19N3O5S/c1-29-23-24-12-16(13-25-23)31-19-4-2-3-17-18(19)9-10-20(17)30-15-7-5-14(6-8-15)21-11-22(27)26-32(21)28/h2-8,11-13,20H,9-10H2,1H3,(H,26,27)/t20-,32?/m1/s1. The fourth-order valence-corrected chi connectivity index (χ4v) is 4.71. The fourth-order valence-electron chi connectivity index (χ4n) is 3.79. The monoisotopic (exact) mass is 449 g/mol. The molecule has 1 aliphatic carbocycles. The van der Waals surface area contributed by atoms with Crippen LogP contribution in [0.4, 0.5) is 0 Å². The Kier molecular flexibility index (Phi) is 5.32. The Morgan fingerprint density at radius 1 is 1.06 bits per heavy atom. The topological polar surface area (TPSA) is 99.6 Å². The Morgan fingerprint density at radius 2 is 1.84 bits per heavy atom. The van der Waals surface area contributed by atoms with Gasteiger partial charge in [-0.2, -0.15) is 9.97 Å². The van der Waals surface area contributed by atoms with Crippen LogP contribution in [-0.4, -0.2) is 27.2 Å². The summed E-state index contributed by atoms with van der Waals surface area (Å²) in [6.07, 6.45) is 6.05. The van der Waals surface area contributed by atoms with E-state index in [1.54, 1.807) is 24.5 Å². The predicted octanol–water partition coefficient (Wildman–Crippen LogP) is 3.48. The van der Waals surface area contributed by atoms with E-state index >= 15 is 0 Å². The lowest BCUT2D eigenvalue weighted by atomic mass is 10.1. The summed E-state index contributed by atoms with van der Waals surface area (Å²) >= 11 is 0. The van der Waals surface area contributed by atoms with Crippen LogP contribution in [-0.2, 0) is 22.2 Å². The molecule has 1 aliphatic heterocycles. The number of nitrogens with one attached hydrogen (secondary N) is 1. The molecular formula is C23H19N3O5S. The number of rotatable bonds is 6. The average Bonchev–Trinajstić information content (AvgIpc) is 3.38. The van der Waals surface area contributed by atoms with Crippen molar-refractivity contribution in [3.8, 4) is 23.3 Å². The second-order valence-electron chi connectivity index (χ2n) is 7.24. The van der Waals surface area contributed by atoms with Crippen LogP contribution in [0.1, 0.15) is 29.2 Å². The molecule has 2 aliphatic rings. The van der Waals surface area contributed by atoms with Crippen molar-refractivity contribution in [3.63, 3.8) is 0 Å². The normalized spacial score (nSPS) is 19.2. The van der Waals surface area contributed by atoms with E-state index in [0.29, 0.717) is 16.4 Å². The number of carbonyl (C=O) groups excluding carboxylic acids is 1. The van der Waals surface area contributed by atoms with Gasteiger partial charge >= 0.3 is 6.01 Å². The van der Waals surface area contributed by atoms with Crippen molar-refractivity contribution in [2.75, 3.05) is 7.11 Å². The van der Waals surface area contributed by atoms with Crippen molar-refractivity contribution >= 4 is 21.8 Å². The molecule has 1 N–H and O–H groups in total. The van der Waals surface area contributed by atoms with E-state index in [-0.39, 0.29) is 18.0 Å². The highest BCUT2D eigenvalue weighted by molar-refractivity contribution is 7.93. The molecule has 162 valence electrons. The Morgan fingerprint density at radius 3 is 2.53 bits per heavy atom. The van der Waals surface area contributed by atoms with Gasteiger partial charge in [0.05, 0.1) is 24.4 Å². The highest BCUT2D eigenvalue weighted by Crippen LogP contribution is 2.41. The van der Waals surface area contributed by atoms with Crippen molar-refractivity contribution < 1.29 is 23.2 Å². The first-order chi connectivity index (χ1) is 15.6. The largest absolute Gasteiger partial charge is 0.486 e. The van der Waals surface area contributed by atoms with E-state index in [1.807, 2.05) is 30.3 Å². The molecule has 0 spiro atoms. The van der Waals surface area contributed by atoms with Gasteiger partial charge in [-0.15, -0.1) is 0 Å². The number of fused-ring (bicyclic) bond motifs is 1. The zero-order valence-corrected chi connectivity index (χ0v) is 17.9. The average molecular weight is 449 g/mol. The van der Waals surface area contributed by atoms with Gasteiger partial charge in [0.15, 0.2) is 16.7 Å². The van der Waals surface area contributed by atoms with Crippen LogP contribution < -0.4 is 18.9 Å². The minimum absolute atomic E-state index is 0.102. The number of benzene rings is 2. The van der Waals surface area contributed by atoms with Gasteiger partial charge in [-0.3, -0.25) is 9.52 Å². The molecule has 0 saturated carbocycles. The van der Waals surface area contributed by atoms with Crippen molar-refractivity contribution in [1.82, 2.24) is 14.7 Å². The van der Waals surface area contributed by atoms with Crippen LogP contribution >= 0.6 is 0 Å². The fraction of sp³-hybridized carbons (Fsp3) is 0.174. The Balaban J connectivity index is 1.31. The van der Waals surface area contributed by atoms with Gasteiger partial charge in [-0.25, -0.2) is 4.21 Å². The maximum atomic E-state index is 11.9. The third-order valence-electron chi connectivity index (χ3n) is 5.26. The van der Waals surface area contributed by atoms with E-state index in [2.05, 4.69) is 14.7 Å². The molecule has 8 nitrogen and oxygen atoms in total.